The van der Waals surface area contributed by atoms with Gasteiger partial charge in [-0.25, -0.2) is 4.98 Å². The summed E-state index contributed by atoms with van der Waals surface area (Å²) >= 11 is 0. The molecule has 3 nitrogen and oxygen atoms in total. The summed E-state index contributed by atoms with van der Waals surface area (Å²) in [6.07, 6.45) is 9.66. The molecule has 2 aliphatic carbocycles. The maximum absolute atomic E-state index is 6.45. The van der Waals surface area contributed by atoms with E-state index in [1.54, 1.807) is 0 Å². The summed E-state index contributed by atoms with van der Waals surface area (Å²) in [7, 11) is 0. The van der Waals surface area contributed by atoms with Crippen molar-refractivity contribution in [3.05, 3.63) is 54.1 Å². The van der Waals surface area contributed by atoms with Crippen molar-refractivity contribution in [2.24, 2.45) is 23.5 Å². The average molecular weight is 281 g/mol. The zero-order valence-electron chi connectivity index (χ0n) is 12.4. The zero-order valence-corrected chi connectivity index (χ0v) is 12.4. The second-order valence-electron chi connectivity index (χ2n) is 6.79. The van der Waals surface area contributed by atoms with Gasteiger partial charge >= 0.3 is 0 Å². The van der Waals surface area contributed by atoms with Crippen molar-refractivity contribution < 1.29 is 0 Å². The van der Waals surface area contributed by atoms with E-state index in [-0.39, 0.29) is 6.04 Å². The molecule has 1 aromatic carbocycles. The fourth-order valence-corrected chi connectivity index (χ4v) is 4.43. The van der Waals surface area contributed by atoms with E-state index in [0.717, 1.165) is 35.6 Å². The minimum Gasteiger partial charge on any atom is -0.333 e. The summed E-state index contributed by atoms with van der Waals surface area (Å²) in [5, 5.41) is 0. The van der Waals surface area contributed by atoms with Crippen LogP contribution in [0.1, 0.15) is 43.0 Å². The number of fused-ring (bicyclic) bond motifs is 2. The van der Waals surface area contributed by atoms with Gasteiger partial charge in [0.15, 0.2) is 0 Å². The second-order valence-corrected chi connectivity index (χ2v) is 6.79. The van der Waals surface area contributed by atoms with Crippen LogP contribution >= 0.6 is 0 Å². The normalized spacial score (nSPS) is 28.9. The lowest BCUT2D eigenvalue weighted by Gasteiger charge is -2.24. The van der Waals surface area contributed by atoms with Crippen molar-refractivity contribution in [3.63, 3.8) is 0 Å². The molecular formula is C18H23N3. The third-order valence-electron chi connectivity index (χ3n) is 5.54. The van der Waals surface area contributed by atoms with E-state index in [9.17, 15) is 0 Å². The molecule has 4 unspecified atom stereocenters. The van der Waals surface area contributed by atoms with E-state index in [1.807, 2.05) is 30.7 Å². The molecule has 2 N–H and O–H groups in total. The molecule has 0 amide bonds. The van der Waals surface area contributed by atoms with Gasteiger partial charge < -0.3 is 10.3 Å². The Labute approximate surface area is 126 Å². The molecule has 0 aliphatic heterocycles. The minimum atomic E-state index is -0.0766. The highest BCUT2D eigenvalue weighted by Crippen LogP contribution is 2.49. The van der Waals surface area contributed by atoms with E-state index in [4.69, 9.17) is 5.73 Å². The lowest BCUT2D eigenvalue weighted by atomic mass is 9.88. The molecule has 3 heteroatoms. The monoisotopic (exact) mass is 281 g/mol. The molecular weight excluding hydrogens is 258 g/mol. The zero-order chi connectivity index (χ0) is 14.2. The number of hydrogen-bond donors (Lipinski definition) is 1. The van der Waals surface area contributed by atoms with Gasteiger partial charge in [-0.3, -0.25) is 0 Å². The van der Waals surface area contributed by atoms with Crippen LogP contribution in [0.15, 0.2) is 42.9 Å². The van der Waals surface area contributed by atoms with Crippen molar-refractivity contribution in [1.82, 2.24) is 9.55 Å². The van der Waals surface area contributed by atoms with Gasteiger partial charge in [0.05, 0.1) is 24.3 Å². The summed E-state index contributed by atoms with van der Waals surface area (Å²) in [5.41, 5.74) is 8.75. The first-order chi connectivity index (χ1) is 10.3. The second kappa shape index (κ2) is 5.30. The van der Waals surface area contributed by atoms with Crippen molar-refractivity contribution in [2.45, 2.75) is 38.3 Å². The Kier molecular flexibility index (Phi) is 3.30. The predicted octanol–water partition coefficient (Wildman–Crippen LogP) is 3.37. The van der Waals surface area contributed by atoms with Crippen LogP contribution in [0, 0.1) is 17.8 Å². The highest BCUT2D eigenvalue weighted by molar-refractivity contribution is 5.26. The molecule has 2 fully saturated rings. The molecule has 110 valence electrons. The predicted molar refractivity (Wildman–Crippen MR) is 83.6 cm³/mol. The molecule has 2 aliphatic rings. The van der Waals surface area contributed by atoms with Gasteiger partial charge in [0.1, 0.15) is 0 Å². The van der Waals surface area contributed by atoms with Crippen molar-refractivity contribution >= 4 is 0 Å². The van der Waals surface area contributed by atoms with Crippen LogP contribution in [0.4, 0.5) is 0 Å². The van der Waals surface area contributed by atoms with Crippen LogP contribution in [0.2, 0.25) is 0 Å². The molecule has 4 atom stereocenters. The Hall–Kier alpha value is -1.61. The SMILES string of the molecule is NC(c1ccccc1)c1cncn1CC1CC2CCC1C2. The van der Waals surface area contributed by atoms with Crippen LogP contribution in [0.3, 0.4) is 0 Å². The smallest absolute Gasteiger partial charge is 0.0948 e. The van der Waals surface area contributed by atoms with E-state index in [0.29, 0.717) is 0 Å². The summed E-state index contributed by atoms with van der Waals surface area (Å²) in [6.45, 7) is 1.09. The Morgan fingerprint density at radius 2 is 2.05 bits per heavy atom. The van der Waals surface area contributed by atoms with E-state index < -0.39 is 0 Å². The molecule has 2 bridgehead atoms. The number of nitrogens with two attached hydrogens (primary N) is 1. The minimum absolute atomic E-state index is 0.0766. The summed E-state index contributed by atoms with van der Waals surface area (Å²) in [5.74, 6) is 2.77. The lowest BCUT2D eigenvalue weighted by molar-refractivity contribution is 0.292. The average Bonchev–Trinajstić information content (AvgIpc) is 3.24. The standard InChI is InChI=1S/C18H23N3/c19-18(14-4-2-1-3-5-14)17-10-20-12-21(17)11-16-9-13-6-7-15(16)8-13/h1-5,10,12-13,15-16,18H,6-9,11,19H2. The molecule has 2 saturated carbocycles. The first kappa shape index (κ1) is 13.1. The largest absolute Gasteiger partial charge is 0.333 e. The third-order valence-corrected chi connectivity index (χ3v) is 5.54. The first-order valence-corrected chi connectivity index (χ1v) is 8.12. The molecule has 0 saturated heterocycles. The third kappa shape index (κ3) is 2.40. The van der Waals surface area contributed by atoms with Crippen LogP contribution in [-0.2, 0) is 6.54 Å². The molecule has 1 aromatic heterocycles. The Morgan fingerprint density at radius 3 is 2.76 bits per heavy atom. The van der Waals surface area contributed by atoms with E-state index in [1.165, 1.54) is 25.7 Å². The number of nitrogens with zero attached hydrogens (tertiary/aromatic N) is 2. The fraction of sp³-hybridized carbons (Fsp3) is 0.500. The molecule has 0 radical (unpaired) electrons. The molecule has 2 aromatic rings. The Balaban J connectivity index is 1.54. The van der Waals surface area contributed by atoms with Crippen LogP contribution in [0.25, 0.3) is 0 Å². The van der Waals surface area contributed by atoms with E-state index in [2.05, 4.69) is 21.7 Å². The van der Waals surface area contributed by atoms with Gasteiger partial charge in [-0.2, -0.15) is 0 Å². The number of aromatic nitrogens is 2. The van der Waals surface area contributed by atoms with Gasteiger partial charge in [0.25, 0.3) is 0 Å². The molecule has 4 rings (SSSR count). The van der Waals surface area contributed by atoms with Gasteiger partial charge in [0, 0.05) is 6.54 Å². The number of imidazole rings is 1. The number of benzene rings is 1. The van der Waals surface area contributed by atoms with Crippen molar-refractivity contribution in [1.29, 1.82) is 0 Å². The highest BCUT2D eigenvalue weighted by Gasteiger charge is 2.39. The van der Waals surface area contributed by atoms with Crippen molar-refractivity contribution in [2.75, 3.05) is 0 Å². The lowest BCUT2D eigenvalue weighted by Crippen LogP contribution is -2.22. The topological polar surface area (TPSA) is 43.8 Å². The summed E-state index contributed by atoms with van der Waals surface area (Å²) < 4.78 is 2.29. The van der Waals surface area contributed by atoms with Gasteiger partial charge in [-0.05, 0) is 42.6 Å². The van der Waals surface area contributed by atoms with Gasteiger partial charge in [-0.15, -0.1) is 0 Å². The Bertz CT molecular complexity index is 604. The number of rotatable bonds is 4. The molecule has 0 spiro atoms. The Morgan fingerprint density at radius 1 is 1.19 bits per heavy atom. The van der Waals surface area contributed by atoms with Gasteiger partial charge in [-0.1, -0.05) is 36.8 Å². The fourth-order valence-electron chi connectivity index (χ4n) is 4.43. The summed E-state index contributed by atoms with van der Waals surface area (Å²) in [4.78, 5) is 4.36. The van der Waals surface area contributed by atoms with E-state index >= 15 is 0 Å². The molecule has 21 heavy (non-hydrogen) atoms. The van der Waals surface area contributed by atoms with Crippen LogP contribution in [0.5, 0.6) is 0 Å². The molecule has 1 heterocycles. The van der Waals surface area contributed by atoms with Crippen molar-refractivity contribution in [3.8, 4) is 0 Å². The van der Waals surface area contributed by atoms with Crippen LogP contribution < -0.4 is 5.73 Å². The van der Waals surface area contributed by atoms with Crippen LogP contribution in [-0.4, -0.2) is 9.55 Å². The number of hydrogen-bond acceptors (Lipinski definition) is 2. The highest BCUT2D eigenvalue weighted by atomic mass is 15.1. The quantitative estimate of drug-likeness (QED) is 0.933. The maximum Gasteiger partial charge on any atom is 0.0948 e. The maximum atomic E-state index is 6.45. The first-order valence-electron chi connectivity index (χ1n) is 8.12. The summed E-state index contributed by atoms with van der Waals surface area (Å²) in [6, 6.07) is 10.2. The van der Waals surface area contributed by atoms with Gasteiger partial charge in [0.2, 0.25) is 0 Å².